The van der Waals surface area contributed by atoms with Crippen LogP contribution in [0.2, 0.25) is 5.02 Å². The lowest BCUT2D eigenvalue weighted by Gasteiger charge is -2.20. The molecule has 1 aliphatic rings. The smallest absolute Gasteiger partial charge is 0.251 e. The van der Waals surface area contributed by atoms with Crippen LogP contribution in [0, 0.1) is 0 Å². The van der Waals surface area contributed by atoms with Gasteiger partial charge in [-0.1, -0.05) is 41.9 Å². The van der Waals surface area contributed by atoms with E-state index in [0.29, 0.717) is 41.8 Å². The first-order chi connectivity index (χ1) is 10.2. The Bertz CT molecular complexity index is 658. The molecular weight excluding hydrogens is 290 g/mol. The van der Waals surface area contributed by atoms with Gasteiger partial charge in [-0.05, 0) is 17.7 Å². The number of nitrogens with one attached hydrogen (secondary N) is 1. The summed E-state index contributed by atoms with van der Waals surface area (Å²) in [7, 11) is 0. The maximum atomic E-state index is 12.2. The van der Waals surface area contributed by atoms with E-state index in [1.54, 1.807) is 12.1 Å². The summed E-state index contributed by atoms with van der Waals surface area (Å²) >= 11 is 6.12. The van der Waals surface area contributed by atoms with E-state index in [2.05, 4.69) is 5.32 Å². The Kier molecular flexibility index (Phi) is 3.97. The van der Waals surface area contributed by atoms with Gasteiger partial charge in [-0.2, -0.15) is 0 Å². The largest absolute Gasteiger partial charge is 0.486 e. The molecule has 0 aromatic heterocycles. The van der Waals surface area contributed by atoms with Gasteiger partial charge in [-0.3, -0.25) is 4.79 Å². The number of halogens is 1. The lowest BCUT2D eigenvalue weighted by molar-refractivity contribution is 0.0949. The summed E-state index contributed by atoms with van der Waals surface area (Å²) in [4.78, 5) is 12.2. The first kappa shape index (κ1) is 13.8. The zero-order valence-electron chi connectivity index (χ0n) is 11.3. The van der Waals surface area contributed by atoms with Crippen molar-refractivity contribution in [3.05, 3.63) is 58.6 Å². The van der Waals surface area contributed by atoms with Gasteiger partial charge in [0.05, 0.1) is 5.02 Å². The van der Waals surface area contributed by atoms with Gasteiger partial charge in [0.2, 0.25) is 0 Å². The number of benzene rings is 2. The van der Waals surface area contributed by atoms with Crippen LogP contribution in [-0.4, -0.2) is 19.1 Å². The van der Waals surface area contributed by atoms with Crippen LogP contribution < -0.4 is 14.8 Å². The van der Waals surface area contributed by atoms with Crippen LogP contribution in [0.15, 0.2) is 42.5 Å². The van der Waals surface area contributed by atoms with Crippen molar-refractivity contribution in [2.45, 2.75) is 6.54 Å². The third kappa shape index (κ3) is 3.11. The number of hydrogen-bond donors (Lipinski definition) is 1. The molecule has 3 rings (SSSR count). The molecule has 1 aliphatic heterocycles. The van der Waals surface area contributed by atoms with Crippen LogP contribution in [0.1, 0.15) is 15.9 Å². The van der Waals surface area contributed by atoms with Crippen molar-refractivity contribution in [1.82, 2.24) is 5.32 Å². The molecule has 1 heterocycles. The summed E-state index contributed by atoms with van der Waals surface area (Å²) in [6, 6.07) is 13.0. The van der Waals surface area contributed by atoms with Crippen molar-refractivity contribution in [3.8, 4) is 11.5 Å². The summed E-state index contributed by atoms with van der Waals surface area (Å²) in [6.07, 6.45) is 0. The molecule has 4 nitrogen and oxygen atoms in total. The molecule has 0 aliphatic carbocycles. The van der Waals surface area contributed by atoms with E-state index in [-0.39, 0.29) is 5.91 Å². The standard InChI is InChI=1S/C16H14ClNO3/c17-13-8-12(9-14-15(13)21-7-6-20-14)16(19)18-10-11-4-2-1-3-5-11/h1-5,8-9H,6-7,10H2,(H,18,19). The quantitative estimate of drug-likeness (QED) is 0.948. The average molecular weight is 304 g/mol. The second kappa shape index (κ2) is 6.06. The normalized spacial score (nSPS) is 12.8. The molecule has 0 saturated carbocycles. The number of ether oxygens (including phenoxy) is 2. The highest BCUT2D eigenvalue weighted by Crippen LogP contribution is 2.38. The summed E-state index contributed by atoms with van der Waals surface area (Å²) < 4.78 is 10.9. The van der Waals surface area contributed by atoms with Crippen molar-refractivity contribution in [2.75, 3.05) is 13.2 Å². The van der Waals surface area contributed by atoms with Gasteiger partial charge in [0.1, 0.15) is 13.2 Å². The fraction of sp³-hybridized carbons (Fsp3) is 0.188. The molecule has 1 N–H and O–H groups in total. The van der Waals surface area contributed by atoms with Gasteiger partial charge in [0.25, 0.3) is 5.91 Å². The van der Waals surface area contributed by atoms with Crippen molar-refractivity contribution in [2.24, 2.45) is 0 Å². The third-order valence-electron chi connectivity index (χ3n) is 3.15. The van der Waals surface area contributed by atoms with E-state index >= 15 is 0 Å². The highest BCUT2D eigenvalue weighted by molar-refractivity contribution is 6.32. The fourth-order valence-corrected chi connectivity index (χ4v) is 2.39. The highest BCUT2D eigenvalue weighted by atomic mass is 35.5. The number of hydrogen-bond acceptors (Lipinski definition) is 3. The minimum atomic E-state index is -0.197. The van der Waals surface area contributed by atoms with Crippen LogP contribution in [0.5, 0.6) is 11.5 Å². The van der Waals surface area contributed by atoms with Crippen molar-refractivity contribution in [1.29, 1.82) is 0 Å². The number of fused-ring (bicyclic) bond motifs is 1. The Labute approximate surface area is 127 Å². The Morgan fingerprint density at radius 3 is 2.71 bits per heavy atom. The van der Waals surface area contributed by atoms with Crippen molar-refractivity contribution < 1.29 is 14.3 Å². The average Bonchev–Trinajstić information content (AvgIpc) is 2.53. The van der Waals surface area contributed by atoms with E-state index in [1.807, 2.05) is 30.3 Å². The fourth-order valence-electron chi connectivity index (χ4n) is 2.12. The molecule has 0 atom stereocenters. The van der Waals surface area contributed by atoms with Crippen LogP contribution in [0.25, 0.3) is 0 Å². The highest BCUT2D eigenvalue weighted by Gasteiger charge is 2.19. The zero-order valence-corrected chi connectivity index (χ0v) is 12.0. The minimum absolute atomic E-state index is 0.197. The topological polar surface area (TPSA) is 47.6 Å². The first-order valence-electron chi connectivity index (χ1n) is 6.65. The molecule has 2 aromatic carbocycles. The van der Waals surface area contributed by atoms with Gasteiger partial charge >= 0.3 is 0 Å². The van der Waals surface area contributed by atoms with Gasteiger partial charge < -0.3 is 14.8 Å². The second-order valence-electron chi connectivity index (χ2n) is 4.65. The molecule has 1 amide bonds. The summed E-state index contributed by atoms with van der Waals surface area (Å²) in [5, 5.41) is 3.24. The van der Waals surface area contributed by atoms with Crippen LogP contribution in [-0.2, 0) is 6.54 Å². The molecule has 0 unspecified atom stereocenters. The number of carbonyl (C=O) groups excluding carboxylic acids is 1. The maximum Gasteiger partial charge on any atom is 0.251 e. The Morgan fingerprint density at radius 1 is 1.14 bits per heavy atom. The summed E-state index contributed by atoms with van der Waals surface area (Å²) in [5.41, 5.74) is 1.50. The maximum absolute atomic E-state index is 12.2. The molecule has 2 aromatic rings. The molecule has 0 bridgehead atoms. The molecular formula is C16H14ClNO3. The molecule has 108 valence electrons. The predicted molar refractivity (Wildman–Crippen MR) is 80.1 cm³/mol. The molecule has 0 radical (unpaired) electrons. The Morgan fingerprint density at radius 2 is 1.90 bits per heavy atom. The first-order valence-corrected chi connectivity index (χ1v) is 7.03. The SMILES string of the molecule is O=C(NCc1ccccc1)c1cc(Cl)c2c(c1)OCCO2. The third-order valence-corrected chi connectivity index (χ3v) is 3.44. The predicted octanol–water partition coefficient (Wildman–Crippen LogP) is 3.04. The van der Waals surface area contributed by atoms with E-state index in [4.69, 9.17) is 21.1 Å². The van der Waals surface area contributed by atoms with E-state index in [9.17, 15) is 4.79 Å². The van der Waals surface area contributed by atoms with Crippen LogP contribution in [0.3, 0.4) is 0 Å². The van der Waals surface area contributed by atoms with E-state index in [1.165, 1.54) is 0 Å². The van der Waals surface area contributed by atoms with Gasteiger partial charge in [-0.25, -0.2) is 0 Å². The molecule has 0 spiro atoms. The van der Waals surface area contributed by atoms with Crippen LogP contribution >= 0.6 is 11.6 Å². The van der Waals surface area contributed by atoms with Crippen molar-refractivity contribution in [3.63, 3.8) is 0 Å². The number of rotatable bonds is 3. The number of amides is 1. The molecule has 5 heteroatoms. The minimum Gasteiger partial charge on any atom is -0.486 e. The van der Waals surface area contributed by atoms with Gasteiger partial charge in [-0.15, -0.1) is 0 Å². The second-order valence-corrected chi connectivity index (χ2v) is 5.06. The monoisotopic (exact) mass is 303 g/mol. The Hall–Kier alpha value is -2.20. The van der Waals surface area contributed by atoms with Crippen molar-refractivity contribution >= 4 is 17.5 Å². The zero-order chi connectivity index (χ0) is 14.7. The van der Waals surface area contributed by atoms with E-state index < -0.39 is 0 Å². The summed E-state index contributed by atoms with van der Waals surface area (Å²) in [5.74, 6) is 0.818. The van der Waals surface area contributed by atoms with E-state index in [0.717, 1.165) is 5.56 Å². The molecule has 0 fully saturated rings. The lowest BCUT2D eigenvalue weighted by Crippen LogP contribution is -2.23. The lowest BCUT2D eigenvalue weighted by atomic mass is 10.1. The number of carbonyl (C=O) groups is 1. The van der Waals surface area contributed by atoms with Gasteiger partial charge in [0, 0.05) is 12.1 Å². The molecule has 0 saturated heterocycles. The Balaban J connectivity index is 1.74. The van der Waals surface area contributed by atoms with Gasteiger partial charge in [0.15, 0.2) is 11.5 Å². The molecule has 21 heavy (non-hydrogen) atoms. The van der Waals surface area contributed by atoms with Crippen LogP contribution in [0.4, 0.5) is 0 Å². The summed E-state index contributed by atoms with van der Waals surface area (Å²) in [6.45, 7) is 1.39.